The Bertz CT molecular complexity index is 579. The van der Waals surface area contributed by atoms with E-state index in [1.54, 1.807) is 6.92 Å². The summed E-state index contributed by atoms with van der Waals surface area (Å²) in [5.74, 6) is 1.67. The van der Waals surface area contributed by atoms with Crippen LogP contribution in [-0.2, 0) is 18.4 Å². The van der Waals surface area contributed by atoms with E-state index in [1.165, 1.54) is 5.56 Å². The molecule has 0 saturated carbocycles. The first kappa shape index (κ1) is 16.6. The summed E-state index contributed by atoms with van der Waals surface area (Å²) in [5.41, 5.74) is 1.95. The molecule has 1 aromatic heterocycles. The first-order valence-electron chi connectivity index (χ1n) is 7.70. The number of hydrogen-bond donors (Lipinski definition) is 1. The number of hydrogen-bond acceptors (Lipinski definition) is 4. The van der Waals surface area contributed by atoms with Crippen molar-refractivity contribution in [3.63, 3.8) is 0 Å². The van der Waals surface area contributed by atoms with Crippen molar-refractivity contribution in [2.75, 3.05) is 0 Å². The molecule has 0 unspecified atom stereocenters. The monoisotopic (exact) mass is 303 g/mol. The van der Waals surface area contributed by atoms with E-state index in [1.807, 2.05) is 30.3 Å². The lowest BCUT2D eigenvalue weighted by Gasteiger charge is -2.12. The molecular formula is C18H25NO3. The van der Waals surface area contributed by atoms with Crippen LogP contribution in [0.3, 0.4) is 0 Å². The largest absolute Gasteiger partial charge is 0.487 e. The van der Waals surface area contributed by atoms with Gasteiger partial charge < -0.3 is 14.4 Å². The SMILES string of the molecule is C[C@H](O)CCc1ccc(OCc2cc(C(C)(C)C)on2)cc1. The quantitative estimate of drug-likeness (QED) is 0.880. The Labute approximate surface area is 132 Å². The first-order chi connectivity index (χ1) is 10.3. The lowest BCUT2D eigenvalue weighted by Crippen LogP contribution is -2.09. The second-order valence-electron chi connectivity index (χ2n) is 6.75. The molecule has 1 heterocycles. The highest BCUT2D eigenvalue weighted by Crippen LogP contribution is 2.23. The van der Waals surface area contributed by atoms with E-state index in [9.17, 15) is 5.11 Å². The maximum Gasteiger partial charge on any atom is 0.142 e. The van der Waals surface area contributed by atoms with E-state index in [0.717, 1.165) is 30.0 Å². The van der Waals surface area contributed by atoms with Crippen LogP contribution in [0.2, 0.25) is 0 Å². The topological polar surface area (TPSA) is 55.5 Å². The minimum atomic E-state index is -0.264. The van der Waals surface area contributed by atoms with Crippen molar-refractivity contribution >= 4 is 0 Å². The van der Waals surface area contributed by atoms with Crippen molar-refractivity contribution in [2.24, 2.45) is 0 Å². The molecule has 0 spiro atoms. The maximum atomic E-state index is 9.30. The van der Waals surface area contributed by atoms with Gasteiger partial charge >= 0.3 is 0 Å². The Morgan fingerprint density at radius 3 is 2.45 bits per heavy atom. The molecule has 22 heavy (non-hydrogen) atoms. The predicted octanol–water partition coefficient (Wildman–Crippen LogP) is 3.86. The molecule has 0 aliphatic rings. The zero-order chi connectivity index (χ0) is 16.2. The first-order valence-corrected chi connectivity index (χ1v) is 7.70. The Hall–Kier alpha value is -1.81. The number of aryl methyl sites for hydroxylation is 1. The molecule has 0 saturated heterocycles. The summed E-state index contributed by atoms with van der Waals surface area (Å²) in [6.45, 7) is 8.46. The van der Waals surface area contributed by atoms with Gasteiger partial charge in [0.25, 0.3) is 0 Å². The molecule has 2 aromatic rings. The van der Waals surface area contributed by atoms with Gasteiger partial charge in [-0.2, -0.15) is 0 Å². The van der Waals surface area contributed by atoms with Gasteiger partial charge in [0.1, 0.15) is 23.8 Å². The number of ether oxygens (including phenoxy) is 1. The van der Waals surface area contributed by atoms with E-state index in [0.29, 0.717) is 6.61 Å². The predicted molar refractivity (Wildman–Crippen MR) is 86.0 cm³/mol. The fraction of sp³-hybridized carbons (Fsp3) is 0.500. The molecular weight excluding hydrogens is 278 g/mol. The van der Waals surface area contributed by atoms with E-state index >= 15 is 0 Å². The van der Waals surface area contributed by atoms with Crippen LogP contribution in [0, 0.1) is 0 Å². The maximum absolute atomic E-state index is 9.30. The van der Waals surface area contributed by atoms with Gasteiger partial charge in [-0.3, -0.25) is 0 Å². The van der Waals surface area contributed by atoms with Gasteiger partial charge in [-0.25, -0.2) is 0 Å². The third-order valence-corrected chi connectivity index (χ3v) is 3.46. The van der Waals surface area contributed by atoms with E-state index < -0.39 is 0 Å². The second-order valence-corrected chi connectivity index (χ2v) is 6.75. The van der Waals surface area contributed by atoms with Crippen LogP contribution in [0.25, 0.3) is 0 Å². The number of aromatic nitrogens is 1. The summed E-state index contributed by atoms with van der Waals surface area (Å²) in [5, 5.41) is 13.3. The van der Waals surface area contributed by atoms with Crippen LogP contribution in [0.4, 0.5) is 0 Å². The normalized spacial score (nSPS) is 13.1. The van der Waals surface area contributed by atoms with Gasteiger partial charge in [-0.05, 0) is 37.5 Å². The summed E-state index contributed by atoms with van der Waals surface area (Å²) in [6.07, 6.45) is 1.38. The molecule has 0 aliphatic carbocycles. The number of aliphatic hydroxyl groups excluding tert-OH is 1. The highest BCUT2D eigenvalue weighted by atomic mass is 16.5. The van der Waals surface area contributed by atoms with Crippen molar-refractivity contribution in [1.29, 1.82) is 0 Å². The highest BCUT2D eigenvalue weighted by molar-refractivity contribution is 5.27. The minimum Gasteiger partial charge on any atom is -0.487 e. The molecule has 1 aromatic carbocycles. The Morgan fingerprint density at radius 1 is 1.23 bits per heavy atom. The summed E-state index contributed by atoms with van der Waals surface area (Å²) in [7, 11) is 0. The van der Waals surface area contributed by atoms with E-state index in [-0.39, 0.29) is 11.5 Å². The van der Waals surface area contributed by atoms with Crippen LogP contribution in [0.1, 0.15) is 51.1 Å². The van der Waals surface area contributed by atoms with Gasteiger partial charge in [-0.15, -0.1) is 0 Å². The Morgan fingerprint density at radius 2 is 1.91 bits per heavy atom. The van der Waals surface area contributed by atoms with Gasteiger partial charge in [0, 0.05) is 11.5 Å². The fourth-order valence-electron chi connectivity index (χ4n) is 2.02. The van der Waals surface area contributed by atoms with E-state index in [2.05, 4.69) is 25.9 Å². The average molecular weight is 303 g/mol. The van der Waals surface area contributed by atoms with Crippen LogP contribution in [0.5, 0.6) is 5.75 Å². The molecule has 4 nitrogen and oxygen atoms in total. The number of rotatable bonds is 6. The Balaban J connectivity index is 1.88. The molecule has 0 amide bonds. The molecule has 0 bridgehead atoms. The summed E-state index contributed by atoms with van der Waals surface area (Å²) in [4.78, 5) is 0. The summed E-state index contributed by atoms with van der Waals surface area (Å²) < 4.78 is 11.1. The number of nitrogens with zero attached hydrogens (tertiary/aromatic N) is 1. The third kappa shape index (κ3) is 4.88. The minimum absolute atomic E-state index is 0.0449. The fourth-order valence-corrected chi connectivity index (χ4v) is 2.02. The Kier molecular flexibility index (Phi) is 5.24. The number of aliphatic hydroxyl groups is 1. The smallest absolute Gasteiger partial charge is 0.142 e. The van der Waals surface area contributed by atoms with Crippen molar-refractivity contribution in [1.82, 2.24) is 5.16 Å². The van der Waals surface area contributed by atoms with Crippen molar-refractivity contribution in [3.05, 3.63) is 47.3 Å². The zero-order valence-corrected chi connectivity index (χ0v) is 13.8. The second kappa shape index (κ2) is 6.97. The standard InChI is InChI=1S/C18H25NO3/c1-13(20)5-6-14-7-9-16(10-8-14)21-12-15-11-17(22-19-15)18(2,3)4/h7-11,13,20H,5-6,12H2,1-4H3/t13-/m0/s1. The number of benzene rings is 1. The van der Waals surface area contributed by atoms with Crippen molar-refractivity contribution < 1.29 is 14.4 Å². The van der Waals surface area contributed by atoms with E-state index in [4.69, 9.17) is 9.26 Å². The van der Waals surface area contributed by atoms with Crippen LogP contribution in [-0.4, -0.2) is 16.4 Å². The molecule has 120 valence electrons. The molecule has 2 rings (SSSR count). The molecule has 0 aliphatic heterocycles. The average Bonchev–Trinajstić information content (AvgIpc) is 2.93. The summed E-state index contributed by atoms with van der Waals surface area (Å²) in [6, 6.07) is 9.89. The lowest BCUT2D eigenvalue weighted by atomic mass is 9.93. The lowest BCUT2D eigenvalue weighted by molar-refractivity contribution is 0.185. The van der Waals surface area contributed by atoms with Crippen LogP contribution >= 0.6 is 0 Å². The van der Waals surface area contributed by atoms with Crippen molar-refractivity contribution in [2.45, 2.75) is 58.7 Å². The van der Waals surface area contributed by atoms with Crippen molar-refractivity contribution in [3.8, 4) is 5.75 Å². The van der Waals surface area contributed by atoms with Crippen LogP contribution < -0.4 is 4.74 Å². The molecule has 0 fully saturated rings. The molecule has 0 radical (unpaired) electrons. The summed E-state index contributed by atoms with van der Waals surface area (Å²) >= 11 is 0. The molecule has 1 N–H and O–H groups in total. The molecule has 1 atom stereocenters. The van der Waals surface area contributed by atoms with Gasteiger partial charge in [-0.1, -0.05) is 38.1 Å². The van der Waals surface area contributed by atoms with Gasteiger partial charge in [0.2, 0.25) is 0 Å². The van der Waals surface area contributed by atoms with Gasteiger partial charge in [0.05, 0.1) is 6.10 Å². The highest BCUT2D eigenvalue weighted by Gasteiger charge is 2.19. The zero-order valence-electron chi connectivity index (χ0n) is 13.8. The third-order valence-electron chi connectivity index (χ3n) is 3.46. The van der Waals surface area contributed by atoms with Gasteiger partial charge in [0.15, 0.2) is 0 Å². The molecule has 4 heteroatoms. The van der Waals surface area contributed by atoms with Crippen LogP contribution in [0.15, 0.2) is 34.9 Å².